The van der Waals surface area contributed by atoms with E-state index in [0.717, 1.165) is 24.4 Å². The average Bonchev–Trinajstić information content (AvgIpc) is 2.57. The Morgan fingerprint density at radius 1 is 1.77 bits per heavy atom. The van der Waals surface area contributed by atoms with Gasteiger partial charge in [-0.15, -0.1) is 5.10 Å². The smallest absolute Gasteiger partial charge is 0.248 e. The Bertz CT molecular complexity index is 282. The molecule has 5 heteroatoms. The van der Waals surface area contributed by atoms with Crippen LogP contribution in [0.5, 0.6) is 0 Å². The quantitative estimate of drug-likeness (QED) is 0.749. The number of amides is 1. The van der Waals surface area contributed by atoms with Gasteiger partial charge >= 0.3 is 0 Å². The van der Waals surface area contributed by atoms with Crippen LogP contribution in [0.1, 0.15) is 19.8 Å². The number of nitrogens with one attached hydrogen (secondary N) is 1. The first kappa shape index (κ1) is 9.85. The van der Waals surface area contributed by atoms with E-state index in [0.29, 0.717) is 5.00 Å². The standard InChI is InChI=1S/C8H11N3OS/c1-2-3-4-5-7(12)10-8-6-9-11-13-8/h4-6H,2-3H2,1H3,(H,10,12)/b5-4+. The highest BCUT2D eigenvalue weighted by Gasteiger charge is 1.98. The van der Waals surface area contributed by atoms with Gasteiger partial charge in [0.2, 0.25) is 5.91 Å². The monoisotopic (exact) mass is 197 g/mol. The molecular weight excluding hydrogens is 186 g/mol. The third kappa shape index (κ3) is 3.80. The summed E-state index contributed by atoms with van der Waals surface area (Å²) >= 11 is 1.16. The predicted octanol–water partition coefficient (Wildman–Crippen LogP) is 1.83. The molecule has 0 spiro atoms. The average molecular weight is 197 g/mol. The normalized spacial score (nSPS) is 10.5. The van der Waals surface area contributed by atoms with Gasteiger partial charge < -0.3 is 5.32 Å². The number of unbranched alkanes of at least 4 members (excludes halogenated alkanes) is 1. The summed E-state index contributed by atoms with van der Waals surface area (Å²) in [5.41, 5.74) is 0. The largest absolute Gasteiger partial charge is 0.311 e. The lowest BCUT2D eigenvalue weighted by Crippen LogP contribution is -2.06. The summed E-state index contributed by atoms with van der Waals surface area (Å²) in [6.45, 7) is 2.06. The van der Waals surface area contributed by atoms with E-state index < -0.39 is 0 Å². The van der Waals surface area contributed by atoms with E-state index in [1.807, 2.05) is 6.08 Å². The number of rotatable bonds is 4. The van der Waals surface area contributed by atoms with Crippen molar-refractivity contribution < 1.29 is 4.79 Å². The molecule has 1 amide bonds. The van der Waals surface area contributed by atoms with Crippen molar-refractivity contribution in [2.24, 2.45) is 0 Å². The van der Waals surface area contributed by atoms with E-state index in [1.165, 1.54) is 12.3 Å². The van der Waals surface area contributed by atoms with Crippen molar-refractivity contribution in [3.05, 3.63) is 18.3 Å². The Labute approximate surface area is 80.8 Å². The summed E-state index contributed by atoms with van der Waals surface area (Å²) < 4.78 is 3.62. The Hall–Kier alpha value is -1.23. The molecule has 1 heterocycles. The lowest BCUT2D eigenvalue weighted by molar-refractivity contribution is -0.111. The van der Waals surface area contributed by atoms with Gasteiger partial charge in [-0.05, 0) is 12.5 Å². The summed E-state index contributed by atoms with van der Waals surface area (Å²) in [5, 5.41) is 6.92. The fourth-order valence-corrected chi connectivity index (χ4v) is 1.17. The Morgan fingerprint density at radius 3 is 3.23 bits per heavy atom. The zero-order valence-electron chi connectivity index (χ0n) is 7.36. The molecule has 1 rings (SSSR count). The first-order valence-corrected chi connectivity index (χ1v) is 4.85. The Kier molecular flexibility index (Phi) is 4.11. The van der Waals surface area contributed by atoms with Gasteiger partial charge in [0.05, 0.1) is 6.20 Å². The van der Waals surface area contributed by atoms with Crippen LogP contribution in [0, 0.1) is 0 Å². The number of anilines is 1. The third-order valence-corrected chi connectivity index (χ3v) is 1.91. The molecule has 0 aliphatic carbocycles. The first-order chi connectivity index (χ1) is 6.33. The maximum Gasteiger partial charge on any atom is 0.248 e. The van der Waals surface area contributed by atoms with Crippen LogP contribution in [0.2, 0.25) is 0 Å². The molecule has 0 aliphatic heterocycles. The molecule has 4 nitrogen and oxygen atoms in total. The van der Waals surface area contributed by atoms with Gasteiger partial charge in [-0.2, -0.15) is 0 Å². The van der Waals surface area contributed by atoms with Gasteiger partial charge in [-0.3, -0.25) is 4.79 Å². The minimum absolute atomic E-state index is 0.125. The number of carbonyl (C=O) groups excluding carboxylic acids is 1. The van der Waals surface area contributed by atoms with E-state index >= 15 is 0 Å². The molecule has 0 radical (unpaired) electrons. The van der Waals surface area contributed by atoms with Crippen molar-refractivity contribution in [2.45, 2.75) is 19.8 Å². The lowest BCUT2D eigenvalue weighted by Gasteiger charge is -1.93. The van der Waals surface area contributed by atoms with Gasteiger partial charge in [-0.25, -0.2) is 0 Å². The van der Waals surface area contributed by atoms with Crippen molar-refractivity contribution in [1.82, 2.24) is 9.59 Å². The molecule has 0 saturated heterocycles. The number of hydrogen-bond acceptors (Lipinski definition) is 4. The van der Waals surface area contributed by atoms with Crippen LogP contribution >= 0.6 is 11.5 Å². The maximum absolute atomic E-state index is 11.1. The molecular formula is C8H11N3OS. The van der Waals surface area contributed by atoms with Gasteiger partial charge in [0, 0.05) is 11.5 Å². The number of allylic oxidation sites excluding steroid dienone is 1. The summed E-state index contributed by atoms with van der Waals surface area (Å²) in [4.78, 5) is 11.1. The van der Waals surface area contributed by atoms with Crippen LogP contribution in [0.15, 0.2) is 18.3 Å². The van der Waals surface area contributed by atoms with Gasteiger partial charge in [0.15, 0.2) is 0 Å². The second kappa shape index (κ2) is 5.42. The van der Waals surface area contributed by atoms with Crippen molar-refractivity contribution in [2.75, 3.05) is 5.32 Å². The van der Waals surface area contributed by atoms with Crippen LogP contribution in [0.25, 0.3) is 0 Å². The van der Waals surface area contributed by atoms with E-state index in [9.17, 15) is 4.79 Å². The Balaban J connectivity index is 2.34. The molecule has 0 aromatic carbocycles. The molecule has 1 aromatic heterocycles. The van der Waals surface area contributed by atoms with Gasteiger partial charge in [-0.1, -0.05) is 23.9 Å². The summed E-state index contributed by atoms with van der Waals surface area (Å²) in [7, 11) is 0. The third-order valence-electron chi connectivity index (χ3n) is 1.33. The molecule has 0 unspecified atom stereocenters. The van der Waals surface area contributed by atoms with Crippen LogP contribution in [0.3, 0.4) is 0 Å². The molecule has 1 N–H and O–H groups in total. The molecule has 70 valence electrons. The van der Waals surface area contributed by atoms with Crippen molar-refractivity contribution in [3.8, 4) is 0 Å². The van der Waals surface area contributed by atoms with Crippen molar-refractivity contribution in [1.29, 1.82) is 0 Å². The fourth-order valence-electron chi connectivity index (χ4n) is 0.742. The van der Waals surface area contributed by atoms with Crippen LogP contribution in [-0.4, -0.2) is 15.5 Å². The highest BCUT2D eigenvalue weighted by Crippen LogP contribution is 2.08. The molecule has 0 aliphatic rings. The number of aromatic nitrogens is 2. The van der Waals surface area contributed by atoms with Gasteiger partial charge in [0.25, 0.3) is 0 Å². The number of hydrogen-bond donors (Lipinski definition) is 1. The second-order valence-electron chi connectivity index (χ2n) is 2.46. The predicted molar refractivity (Wildman–Crippen MR) is 52.6 cm³/mol. The highest BCUT2D eigenvalue weighted by atomic mass is 32.1. The zero-order valence-corrected chi connectivity index (χ0v) is 8.17. The highest BCUT2D eigenvalue weighted by molar-refractivity contribution is 7.10. The van der Waals surface area contributed by atoms with Crippen molar-refractivity contribution in [3.63, 3.8) is 0 Å². The zero-order chi connectivity index (χ0) is 9.52. The van der Waals surface area contributed by atoms with Crippen LogP contribution < -0.4 is 5.32 Å². The topological polar surface area (TPSA) is 54.9 Å². The van der Waals surface area contributed by atoms with E-state index in [-0.39, 0.29) is 5.91 Å². The van der Waals surface area contributed by atoms with E-state index in [2.05, 4.69) is 21.8 Å². The molecule has 0 fully saturated rings. The lowest BCUT2D eigenvalue weighted by atomic mass is 10.3. The summed E-state index contributed by atoms with van der Waals surface area (Å²) in [5.74, 6) is -0.125. The number of nitrogens with zero attached hydrogens (tertiary/aromatic N) is 2. The van der Waals surface area contributed by atoms with E-state index in [1.54, 1.807) is 0 Å². The molecule has 0 saturated carbocycles. The van der Waals surface area contributed by atoms with Crippen LogP contribution in [0.4, 0.5) is 5.00 Å². The minimum Gasteiger partial charge on any atom is -0.311 e. The second-order valence-corrected chi connectivity index (χ2v) is 3.25. The summed E-state index contributed by atoms with van der Waals surface area (Å²) in [6, 6.07) is 0. The van der Waals surface area contributed by atoms with Crippen LogP contribution in [-0.2, 0) is 4.79 Å². The Morgan fingerprint density at radius 2 is 2.62 bits per heavy atom. The SMILES string of the molecule is CCC/C=C/C(=O)Nc1cnns1. The molecule has 0 bridgehead atoms. The fraction of sp³-hybridized carbons (Fsp3) is 0.375. The van der Waals surface area contributed by atoms with Crippen molar-refractivity contribution >= 4 is 22.4 Å². The molecule has 13 heavy (non-hydrogen) atoms. The first-order valence-electron chi connectivity index (χ1n) is 4.08. The van der Waals surface area contributed by atoms with E-state index in [4.69, 9.17) is 0 Å². The van der Waals surface area contributed by atoms with Gasteiger partial charge in [0.1, 0.15) is 5.00 Å². The number of carbonyl (C=O) groups is 1. The molecule has 0 atom stereocenters. The molecule has 1 aromatic rings. The maximum atomic E-state index is 11.1. The minimum atomic E-state index is -0.125. The summed E-state index contributed by atoms with van der Waals surface area (Å²) in [6.07, 6.45) is 6.88.